The average Bonchev–Trinajstić information content (AvgIpc) is 3.32. The molecule has 3 aromatic rings. The molecule has 172 valence electrons. The van der Waals surface area contributed by atoms with Crippen molar-refractivity contribution in [3.63, 3.8) is 0 Å². The third-order valence-corrected chi connectivity index (χ3v) is 6.05. The van der Waals surface area contributed by atoms with Crippen LogP contribution in [0, 0.1) is 11.7 Å². The van der Waals surface area contributed by atoms with Gasteiger partial charge in [0.1, 0.15) is 5.69 Å². The van der Waals surface area contributed by atoms with Gasteiger partial charge < -0.3 is 20.4 Å². The van der Waals surface area contributed by atoms with Gasteiger partial charge in [-0.3, -0.25) is 14.6 Å². The van der Waals surface area contributed by atoms with E-state index in [1.807, 2.05) is 12.1 Å². The van der Waals surface area contributed by atoms with Crippen LogP contribution in [0.5, 0.6) is 5.75 Å². The van der Waals surface area contributed by atoms with Crippen molar-refractivity contribution in [1.29, 1.82) is 0 Å². The zero-order valence-corrected chi connectivity index (χ0v) is 18.8. The van der Waals surface area contributed by atoms with Crippen LogP contribution in [0.15, 0.2) is 42.7 Å². The number of hydrogen-bond donors (Lipinski definition) is 3. The smallest absolute Gasteiger partial charge is 0.272 e. The Kier molecular flexibility index (Phi) is 7.05. The molecule has 2 aromatic heterocycles. The van der Waals surface area contributed by atoms with E-state index >= 15 is 0 Å². The van der Waals surface area contributed by atoms with Crippen LogP contribution in [0.25, 0.3) is 0 Å². The van der Waals surface area contributed by atoms with Gasteiger partial charge in [-0.05, 0) is 68.6 Å². The van der Waals surface area contributed by atoms with Crippen molar-refractivity contribution in [2.24, 2.45) is 5.92 Å². The van der Waals surface area contributed by atoms with Gasteiger partial charge in [0.2, 0.25) is 0 Å². The molecule has 0 spiro atoms. The number of benzene rings is 1. The van der Waals surface area contributed by atoms with E-state index < -0.39 is 17.5 Å². The van der Waals surface area contributed by atoms with Crippen LogP contribution in [0.1, 0.15) is 44.9 Å². The number of pyridine rings is 1. The Hall–Kier alpha value is -3.23. The third kappa shape index (κ3) is 5.23. The van der Waals surface area contributed by atoms with E-state index in [4.69, 9.17) is 16.3 Å². The molecule has 0 aliphatic carbocycles. The minimum Gasteiger partial charge on any atom is -0.494 e. The summed E-state index contributed by atoms with van der Waals surface area (Å²) in [5, 5.41) is 6.06. The summed E-state index contributed by atoms with van der Waals surface area (Å²) in [5.74, 6) is -1.42. The number of carbonyl (C=O) groups is 2. The van der Waals surface area contributed by atoms with Crippen molar-refractivity contribution in [3.8, 4) is 5.75 Å². The van der Waals surface area contributed by atoms with Crippen molar-refractivity contribution < 1.29 is 18.7 Å². The Morgan fingerprint density at radius 3 is 2.73 bits per heavy atom. The van der Waals surface area contributed by atoms with Crippen LogP contribution in [0.4, 0.5) is 10.1 Å². The zero-order valence-electron chi connectivity index (χ0n) is 18.1. The van der Waals surface area contributed by atoms with E-state index in [0.29, 0.717) is 11.6 Å². The number of piperidine rings is 1. The molecule has 0 unspecified atom stereocenters. The monoisotopic (exact) mass is 470 g/mol. The number of aromatic amines is 1. The second kappa shape index (κ2) is 10.1. The molecule has 4 rings (SSSR count). The molecule has 1 aromatic carbocycles. The van der Waals surface area contributed by atoms with Gasteiger partial charge in [-0.1, -0.05) is 11.6 Å². The fraction of sp³-hybridized carbons (Fsp3) is 0.292. The van der Waals surface area contributed by atoms with Gasteiger partial charge in [0.25, 0.3) is 5.91 Å². The highest BCUT2D eigenvalue weighted by Crippen LogP contribution is 2.29. The number of ketones is 1. The minimum absolute atomic E-state index is 0.0406. The van der Waals surface area contributed by atoms with Gasteiger partial charge >= 0.3 is 0 Å². The second-order valence-electron chi connectivity index (χ2n) is 7.96. The van der Waals surface area contributed by atoms with Gasteiger partial charge in [0.05, 0.1) is 29.6 Å². The van der Waals surface area contributed by atoms with Crippen molar-refractivity contribution in [2.75, 3.05) is 25.5 Å². The molecule has 1 amide bonds. The number of ether oxygens (including phenoxy) is 1. The molecule has 9 heteroatoms. The number of carbonyl (C=O) groups excluding carboxylic acids is 2. The fourth-order valence-corrected chi connectivity index (χ4v) is 4.13. The summed E-state index contributed by atoms with van der Waals surface area (Å²) in [4.78, 5) is 32.6. The van der Waals surface area contributed by atoms with Crippen LogP contribution >= 0.6 is 11.6 Å². The van der Waals surface area contributed by atoms with E-state index in [0.717, 1.165) is 38.0 Å². The van der Waals surface area contributed by atoms with Gasteiger partial charge in [-0.2, -0.15) is 0 Å². The lowest BCUT2D eigenvalue weighted by Gasteiger charge is -2.22. The largest absolute Gasteiger partial charge is 0.494 e. The standard InChI is InChI=1S/C24H24ClFN4O3/c1-33-20-5-4-18(25)21(22(20)26)23(31)15-11-19(29-12-15)24(32)30-17-3-2-16(28-13-17)10-14-6-8-27-9-7-14/h2-5,11-14,27,29H,6-10H2,1H3,(H,30,32). The summed E-state index contributed by atoms with van der Waals surface area (Å²) in [6, 6.07) is 7.80. The van der Waals surface area contributed by atoms with Gasteiger partial charge in [-0.15, -0.1) is 0 Å². The number of rotatable bonds is 7. The van der Waals surface area contributed by atoms with Gasteiger partial charge in [0, 0.05) is 17.5 Å². The highest BCUT2D eigenvalue weighted by atomic mass is 35.5. The van der Waals surface area contributed by atoms with Crippen LogP contribution in [0.3, 0.4) is 0 Å². The Morgan fingerprint density at radius 1 is 1.24 bits per heavy atom. The summed E-state index contributed by atoms with van der Waals surface area (Å²) in [6.45, 7) is 2.08. The predicted molar refractivity (Wildman–Crippen MR) is 124 cm³/mol. The number of nitrogens with one attached hydrogen (secondary N) is 3. The Morgan fingerprint density at radius 2 is 2.03 bits per heavy atom. The maximum absolute atomic E-state index is 14.6. The third-order valence-electron chi connectivity index (χ3n) is 5.73. The number of aromatic nitrogens is 2. The molecule has 0 atom stereocenters. The molecular formula is C24H24ClFN4O3. The molecule has 1 aliphatic heterocycles. The maximum Gasteiger partial charge on any atom is 0.272 e. The number of amides is 1. The lowest BCUT2D eigenvalue weighted by Crippen LogP contribution is -2.28. The Labute approximate surface area is 195 Å². The lowest BCUT2D eigenvalue weighted by molar-refractivity contribution is 0.102. The topological polar surface area (TPSA) is 96.1 Å². The molecule has 3 heterocycles. The molecular weight excluding hydrogens is 447 g/mol. The molecule has 0 saturated carbocycles. The van der Waals surface area contributed by atoms with Gasteiger partial charge in [0.15, 0.2) is 17.3 Å². The van der Waals surface area contributed by atoms with E-state index in [1.54, 1.807) is 6.20 Å². The predicted octanol–water partition coefficient (Wildman–Crippen LogP) is 4.24. The molecule has 33 heavy (non-hydrogen) atoms. The first kappa shape index (κ1) is 22.9. The number of nitrogens with zero attached hydrogens (tertiary/aromatic N) is 1. The minimum atomic E-state index is -0.849. The Bertz CT molecular complexity index is 1160. The number of methoxy groups -OCH3 is 1. The first-order valence-corrected chi connectivity index (χ1v) is 11.1. The Balaban J connectivity index is 1.42. The quantitative estimate of drug-likeness (QED) is 0.449. The summed E-state index contributed by atoms with van der Waals surface area (Å²) in [5.41, 5.74) is 1.47. The first-order chi connectivity index (χ1) is 16.0. The summed E-state index contributed by atoms with van der Waals surface area (Å²) in [6.07, 6.45) is 6.15. The molecule has 1 fully saturated rings. The SMILES string of the molecule is COc1ccc(Cl)c(C(=O)c2c[nH]c(C(=O)Nc3ccc(CC4CCNCC4)nc3)c2)c1F. The van der Waals surface area contributed by atoms with E-state index in [9.17, 15) is 14.0 Å². The van der Waals surface area contributed by atoms with E-state index in [-0.39, 0.29) is 27.6 Å². The van der Waals surface area contributed by atoms with Gasteiger partial charge in [-0.25, -0.2) is 4.39 Å². The fourth-order valence-electron chi connectivity index (χ4n) is 3.90. The number of hydrogen-bond acceptors (Lipinski definition) is 5. The van der Waals surface area contributed by atoms with Crippen molar-refractivity contribution in [2.45, 2.75) is 19.3 Å². The maximum atomic E-state index is 14.6. The molecule has 3 N–H and O–H groups in total. The van der Waals surface area contributed by atoms with Crippen molar-refractivity contribution in [1.82, 2.24) is 15.3 Å². The number of halogens is 2. The number of anilines is 1. The second-order valence-corrected chi connectivity index (χ2v) is 8.37. The average molecular weight is 471 g/mol. The van der Waals surface area contributed by atoms with E-state index in [2.05, 4.69) is 20.6 Å². The molecule has 0 bridgehead atoms. The molecule has 1 aliphatic rings. The van der Waals surface area contributed by atoms with Crippen LogP contribution < -0.4 is 15.4 Å². The highest BCUT2D eigenvalue weighted by molar-refractivity contribution is 6.35. The van der Waals surface area contributed by atoms with Crippen LogP contribution in [0.2, 0.25) is 5.02 Å². The zero-order chi connectivity index (χ0) is 23.4. The van der Waals surface area contributed by atoms with E-state index in [1.165, 1.54) is 31.5 Å². The normalized spacial score (nSPS) is 14.2. The highest BCUT2D eigenvalue weighted by Gasteiger charge is 2.23. The summed E-state index contributed by atoms with van der Waals surface area (Å²) < 4.78 is 19.5. The lowest BCUT2D eigenvalue weighted by atomic mass is 9.93. The molecule has 1 saturated heterocycles. The molecule has 7 nitrogen and oxygen atoms in total. The van der Waals surface area contributed by atoms with Crippen LogP contribution in [-0.4, -0.2) is 41.9 Å². The summed E-state index contributed by atoms with van der Waals surface area (Å²) in [7, 11) is 1.30. The molecule has 0 radical (unpaired) electrons. The summed E-state index contributed by atoms with van der Waals surface area (Å²) >= 11 is 6.04. The first-order valence-electron chi connectivity index (χ1n) is 10.7. The van der Waals surface area contributed by atoms with Crippen LogP contribution in [-0.2, 0) is 6.42 Å². The van der Waals surface area contributed by atoms with Crippen molar-refractivity contribution in [3.05, 3.63) is 76.1 Å². The van der Waals surface area contributed by atoms with Crippen molar-refractivity contribution >= 4 is 29.0 Å². The number of H-pyrrole nitrogens is 1.